The lowest BCUT2D eigenvalue weighted by molar-refractivity contribution is -0.192. The van der Waals surface area contributed by atoms with Gasteiger partial charge in [-0.1, -0.05) is 0 Å². The Morgan fingerprint density at radius 2 is 2.09 bits per heavy atom. The van der Waals surface area contributed by atoms with Gasteiger partial charge in [-0.3, -0.25) is 9.58 Å². The van der Waals surface area contributed by atoms with Crippen molar-refractivity contribution in [2.75, 3.05) is 18.8 Å². The van der Waals surface area contributed by atoms with Crippen molar-refractivity contribution < 1.29 is 32.2 Å². The van der Waals surface area contributed by atoms with Crippen molar-refractivity contribution >= 4 is 17.7 Å². The maximum atomic E-state index is 13.7. The normalized spacial score (nSPS) is 20.0. The molecule has 0 radical (unpaired) electrons. The minimum atomic E-state index is -5.08. The molecule has 0 aliphatic carbocycles. The third-order valence-corrected chi connectivity index (χ3v) is 6.61. The van der Waals surface area contributed by atoms with Gasteiger partial charge >= 0.3 is 12.1 Å². The molecular weight excluding hydrogens is 452 g/mol. The standard InChI is InChI=1S/C18H23FN4OS.C2HF3O2/c1-13(2)23-9-14(7-21-23)8-22-11-18(12-22)6-15(10-25-18)24-17-16(19)4-3-5-20-17;3-2(4,5)1(6)7/h3-5,7,9,13,15H,6,8,10-12H2,1-2H3;(H,6,7). The zero-order valence-electron chi connectivity index (χ0n) is 17.5. The van der Waals surface area contributed by atoms with Gasteiger partial charge in [-0.25, -0.2) is 14.2 Å². The largest absolute Gasteiger partial charge is 0.490 e. The Hall–Kier alpha value is -2.34. The Balaban J connectivity index is 0.000000360. The van der Waals surface area contributed by atoms with Crippen molar-refractivity contribution in [1.29, 1.82) is 0 Å². The van der Waals surface area contributed by atoms with E-state index in [1.807, 2.05) is 22.6 Å². The van der Waals surface area contributed by atoms with E-state index >= 15 is 0 Å². The lowest BCUT2D eigenvalue weighted by Gasteiger charge is -2.47. The van der Waals surface area contributed by atoms with Crippen molar-refractivity contribution in [3.05, 3.63) is 42.1 Å². The number of aromatic nitrogens is 3. The first-order valence-corrected chi connectivity index (χ1v) is 10.9. The molecule has 0 bridgehead atoms. The van der Waals surface area contributed by atoms with E-state index in [9.17, 15) is 17.6 Å². The molecule has 12 heteroatoms. The number of hydrogen-bond acceptors (Lipinski definition) is 6. The van der Waals surface area contributed by atoms with Gasteiger partial charge in [0, 0.05) is 60.6 Å². The van der Waals surface area contributed by atoms with Gasteiger partial charge in [0.1, 0.15) is 6.10 Å². The van der Waals surface area contributed by atoms with Gasteiger partial charge in [0.25, 0.3) is 5.88 Å². The van der Waals surface area contributed by atoms with Crippen LogP contribution < -0.4 is 4.74 Å². The third-order valence-electron chi connectivity index (χ3n) is 5.03. The first-order chi connectivity index (χ1) is 15.0. The number of halogens is 4. The quantitative estimate of drug-likeness (QED) is 0.658. The lowest BCUT2D eigenvalue weighted by Crippen LogP contribution is -2.58. The van der Waals surface area contributed by atoms with Gasteiger partial charge in [0.05, 0.1) is 6.20 Å². The van der Waals surface area contributed by atoms with Gasteiger partial charge in [-0.15, -0.1) is 11.8 Å². The fourth-order valence-corrected chi connectivity index (χ4v) is 5.17. The summed E-state index contributed by atoms with van der Waals surface area (Å²) in [5.74, 6) is -2.12. The minimum Gasteiger partial charge on any atom is -0.475 e. The van der Waals surface area contributed by atoms with Crippen LogP contribution in [0.3, 0.4) is 0 Å². The van der Waals surface area contributed by atoms with Crippen LogP contribution in [0.4, 0.5) is 17.6 Å². The number of carboxylic acid groups (broad SMARTS) is 1. The number of carboxylic acids is 1. The minimum absolute atomic E-state index is 0.0419. The van der Waals surface area contributed by atoms with Crippen LogP contribution in [0.1, 0.15) is 31.9 Å². The van der Waals surface area contributed by atoms with Crippen molar-refractivity contribution in [1.82, 2.24) is 19.7 Å². The van der Waals surface area contributed by atoms with Crippen LogP contribution in [0.15, 0.2) is 30.7 Å². The maximum absolute atomic E-state index is 13.7. The second-order valence-corrected chi connectivity index (χ2v) is 9.59. The molecule has 2 aliphatic heterocycles. The second kappa shape index (κ2) is 9.65. The van der Waals surface area contributed by atoms with Crippen LogP contribution >= 0.6 is 11.8 Å². The summed E-state index contributed by atoms with van der Waals surface area (Å²) in [5, 5.41) is 11.5. The zero-order valence-corrected chi connectivity index (χ0v) is 18.4. The molecule has 176 valence electrons. The van der Waals surface area contributed by atoms with Crippen LogP contribution in [0, 0.1) is 5.82 Å². The molecule has 2 fully saturated rings. The molecule has 4 rings (SSSR count). The molecule has 32 heavy (non-hydrogen) atoms. The number of rotatable bonds is 5. The average Bonchev–Trinajstić information content (AvgIpc) is 3.31. The highest BCUT2D eigenvalue weighted by molar-refractivity contribution is 8.01. The smallest absolute Gasteiger partial charge is 0.475 e. The molecule has 2 aromatic heterocycles. The van der Waals surface area contributed by atoms with E-state index in [-0.39, 0.29) is 22.5 Å². The molecule has 0 amide bonds. The molecule has 1 spiro atoms. The second-order valence-electron chi connectivity index (χ2n) is 8.10. The molecule has 1 atom stereocenters. The number of likely N-dealkylation sites (tertiary alicyclic amines) is 1. The van der Waals surface area contributed by atoms with E-state index in [4.69, 9.17) is 14.6 Å². The number of aliphatic carboxylic acids is 1. The van der Waals surface area contributed by atoms with Crippen LogP contribution in [0.2, 0.25) is 0 Å². The van der Waals surface area contributed by atoms with Crippen molar-refractivity contribution in [3.63, 3.8) is 0 Å². The van der Waals surface area contributed by atoms with Crippen molar-refractivity contribution in [2.24, 2.45) is 0 Å². The molecule has 4 heterocycles. The summed E-state index contributed by atoms with van der Waals surface area (Å²) in [6, 6.07) is 3.37. The molecule has 7 nitrogen and oxygen atoms in total. The van der Waals surface area contributed by atoms with Crippen LogP contribution in [-0.4, -0.2) is 66.6 Å². The van der Waals surface area contributed by atoms with Gasteiger partial charge in [0.15, 0.2) is 5.82 Å². The zero-order chi connectivity index (χ0) is 23.5. The summed E-state index contributed by atoms with van der Waals surface area (Å²) in [7, 11) is 0. The fourth-order valence-electron chi connectivity index (χ4n) is 3.59. The van der Waals surface area contributed by atoms with Gasteiger partial charge in [-0.2, -0.15) is 18.3 Å². The van der Waals surface area contributed by atoms with Gasteiger partial charge < -0.3 is 9.84 Å². The first-order valence-electron chi connectivity index (χ1n) is 9.94. The molecular formula is C20H24F4N4O3S. The number of thioether (sulfide) groups is 1. The SMILES string of the molecule is CC(C)n1cc(CN2CC3(CC(Oc4ncccc4F)CS3)C2)cn1.O=C(O)C(F)(F)F. The number of carbonyl (C=O) groups is 1. The van der Waals surface area contributed by atoms with E-state index < -0.39 is 12.1 Å². The third kappa shape index (κ3) is 6.12. The maximum Gasteiger partial charge on any atom is 0.490 e. The predicted octanol–water partition coefficient (Wildman–Crippen LogP) is 3.77. The van der Waals surface area contributed by atoms with E-state index in [0.29, 0.717) is 6.04 Å². The molecule has 2 saturated heterocycles. The summed E-state index contributed by atoms with van der Waals surface area (Å²) in [6.07, 6.45) is 1.57. The monoisotopic (exact) mass is 476 g/mol. The molecule has 2 aliphatic rings. The van der Waals surface area contributed by atoms with Gasteiger partial charge in [0.2, 0.25) is 0 Å². The van der Waals surface area contributed by atoms with Crippen LogP contribution in [-0.2, 0) is 11.3 Å². The summed E-state index contributed by atoms with van der Waals surface area (Å²) < 4.78 is 53.5. The lowest BCUT2D eigenvalue weighted by atomic mass is 9.92. The molecule has 0 aromatic carbocycles. The number of ether oxygens (including phenoxy) is 1. The van der Waals surface area contributed by atoms with E-state index in [2.05, 4.69) is 35.0 Å². The topological polar surface area (TPSA) is 80.5 Å². The van der Waals surface area contributed by atoms with Crippen LogP contribution in [0.25, 0.3) is 0 Å². The Labute approximate surface area is 186 Å². The van der Waals surface area contributed by atoms with Crippen molar-refractivity contribution in [3.8, 4) is 5.88 Å². The van der Waals surface area contributed by atoms with Crippen molar-refractivity contribution in [2.45, 2.75) is 49.9 Å². The van der Waals surface area contributed by atoms with Gasteiger partial charge in [-0.05, 0) is 26.0 Å². The Bertz CT molecular complexity index is 932. The Kier molecular flexibility index (Phi) is 7.33. The summed E-state index contributed by atoms with van der Waals surface area (Å²) in [4.78, 5) is 15.3. The Morgan fingerprint density at radius 3 is 2.66 bits per heavy atom. The average molecular weight is 476 g/mol. The number of pyridine rings is 1. The summed E-state index contributed by atoms with van der Waals surface area (Å²) >= 11 is 1.95. The molecule has 2 aromatic rings. The van der Waals surface area contributed by atoms with Crippen LogP contribution in [0.5, 0.6) is 5.88 Å². The highest BCUT2D eigenvalue weighted by atomic mass is 32.2. The summed E-state index contributed by atoms with van der Waals surface area (Å²) in [5.41, 5.74) is 1.26. The van der Waals surface area contributed by atoms with E-state index in [1.54, 1.807) is 12.3 Å². The summed E-state index contributed by atoms with van der Waals surface area (Å²) in [6.45, 7) is 7.31. The number of nitrogens with zero attached hydrogens (tertiary/aromatic N) is 4. The molecule has 1 unspecified atom stereocenters. The highest BCUT2D eigenvalue weighted by Gasteiger charge is 2.49. The highest BCUT2D eigenvalue weighted by Crippen LogP contribution is 2.46. The van der Waals surface area contributed by atoms with E-state index in [0.717, 1.165) is 31.8 Å². The predicted molar refractivity (Wildman–Crippen MR) is 110 cm³/mol. The van der Waals surface area contributed by atoms with E-state index in [1.165, 1.54) is 11.6 Å². The number of alkyl halides is 3. The fraction of sp³-hybridized carbons (Fsp3) is 0.550. The number of hydrogen-bond donors (Lipinski definition) is 1. The Morgan fingerprint density at radius 1 is 1.41 bits per heavy atom. The molecule has 0 saturated carbocycles. The first kappa shape index (κ1) is 24.3. The molecule has 1 N–H and O–H groups in total.